The van der Waals surface area contributed by atoms with Crippen LogP contribution in [-0.4, -0.2) is 6.54 Å². The molecule has 2 nitrogen and oxygen atoms in total. The molecule has 0 aromatic heterocycles. The number of allylic oxidation sites excluding steroid dienone is 2. The Bertz CT molecular complexity index is 1150. The molecular weight excluding hydrogens is 342 g/mol. The number of rotatable bonds is 2. The molecule has 134 valence electrons. The molecule has 1 aliphatic heterocycles. The third kappa shape index (κ3) is 3.29. The van der Waals surface area contributed by atoms with Crippen molar-refractivity contribution in [2.45, 2.75) is 0 Å². The van der Waals surface area contributed by atoms with E-state index in [0.29, 0.717) is 6.54 Å². The Hall–Kier alpha value is -3.74. The summed E-state index contributed by atoms with van der Waals surface area (Å²) in [5.41, 5.74) is 10.0. The first-order valence-corrected chi connectivity index (χ1v) is 9.41. The number of anilines is 1. The van der Waals surface area contributed by atoms with Crippen molar-refractivity contribution in [3.8, 4) is 16.9 Å². The average molecular weight is 361 g/mol. The maximum absolute atomic E-state index is 6.31. The molecular formula is C26H19NO. The third-order valence-corrected chi connectivity index (χ3v) is 4.92. The van der Waals surface area contributed by atoms with Crippen molar-refractivity contribution in [2.75, 3.05) is 11.9 Å². The largest absolute Gasteiger partial charge is 0.447 e. The van der Waals surface area contributed by atoms with E-state index in [1.165, 1.54) is 5.56 Å². The Kier molecular flexibility index (Phi) is 4.17. The molecule has 2 heteroatoms. The van der Waals surface area contributed by atoms with Gasteiger partial charge in [0.05, 0.1) is 5.69 Å². The SMILES string of the molecule is C1=C2C=CC(c3ccccc3)=CC=1Oc1cc(-c3ccccc3)ccc1NC2. The van der Waals surface area contributed by atoms with E-state index in [-0.39, 0.29) is 0 Å². The monoisotopic (exact) mass is 361 g/mol. The van der Waals surface area contributed by atoms with Crippen LogP contribution >= 0.6 is 0 Å². The van der Waals surface area contributed by atoms with Gasteiger partial charge in [0.1, 0.15) is 0 Å². The molecule has 2 bridgehead atoms. The Morgan fingerprint density at radius 3 is 2.29 bits per heavy atom. The second-order valence-corrected chi connectivity index (χ2v) is 6.85. The minimum absolute atomic E-state index is 0.705. The molecule has 0 spiro atoms. The van der Waals surface area contributed by atoms with Crippen LogP contribution in [0.4, 0.5) is 5.69 Å². The van der Waals surface area contributed by atoms with Crippen molar-refractivity contribution in [3.05, 3.63) is 120 Å². The van der Waals surface area contributed by atoms with Gasteiger partial charge < -0.3 is 10.1 Å². The number of hydrogen-bond donors (Lipinski definition) is 1. The van der Waals surface area contributed by atoms with Crippen molar-refractivity contribution in [3.63, 3.8) is 0 Å². The van der Waals surface area contributed by atoms with Crippen LogP contribution in [0.3, 0.4) is 0 Å². The molecule has 28 heavy (non-hydrogen) atoms. The number of benzene rings is 3. The molecule has 3 aromatic rings. The quantitative estimate of drug-likeness (QED) is 0.547. The van der Waals surface area contributed by atoms with E-state index in [0.717, 1.165) is 39.5 Å². The molecule has 0 saturated carbocycles. The first-order chi connectivity index (χ1) is 13.8. The van der Waals surface area contributed by atoms with Gasteiger partial charge in [-0.05, 0) is 46.5 Å². The summed E-state index contributed by atoms with van der Waals surface area (Å²) in [5, 5.41) is 3.47. The number of fused-ring (bicyclic) bond motifs is 1. The molecule has 3 aromatic carbocycles. The van der Waals surface area contributed by atoms with Gasteiger partial charge in [0.15, 0.2) is 11.5 Å². The maximum Gasteiger partial charge on any atom is 0.170 e. The van der Waals surface area contributed by atoms with E-state index < -0.39 is 0 Å². The van der Waals surface area contributed by atoms with Crippen molar-refractivity contribution < 1.29 is 4.74 Å². The van der Waals surface area contributed by atoms with Gasteiger partial charge in [-0.3, -0.25) is 0 Å². The molecule has 0 saturated heterocycles. The molecule has 1 N–H and O–H groups in total. The van der Waals surface area contributed by atoms with E-state index in [1.54, 1.807) is 0 Å². The normalized spacial score (nSPS) is 14.8. The van der Waals surface area contributed by atoms with E-state index in [1.807, 2.05) is 12.1 Å². The first kappa shape index (κ1) is 16.4. The molecule has 0 fully saturated rings. The lowest BCUT2D eigenvalue weighted by atomic mass is 10.0. The van der Waals surface area contributed by atoms with Gasteiger partial charge in [-0.2, -0.15) is 0 Å². The van der Waals surface area contributed by atoms with Crippen LogP contribution in [0.1, 0.15) is 5.56 Å². The standard InChI is InChI=1S/C26H19NO/c1-3-7-20(8-4-1)22-12-11-19-15-24(16-22)28-26-17-23(13-14-25(26)27-18-19)21-9-5-2-6-10-21/h1-14,16-17,27H,18H2. The lowest BCUT2D eigenvalue weighted by Crippen LogP contribution is -2.07. The van der Waals surface area contributed by atoms with Gasteiger partial charge in [0.2, 0.25) is 0 Å². The fourth-order valence-corrected chi connectivity index (χ4v) is 3.46. The summed E-state index contributed by atoms with van der Waals surface area (Å²) < 4.78 is 6.31. The molecule has 1 heterocycles. The summed E-state index contributed by atoms with van der Waals surface area (Å²) in [5.74, 6) is 1.54. The van der Waals surface area contributed by atoms with E-state index in [9.17, 15) is 0 Å². The van der Waals surface area contributed by atoms with Crippen LogP contribution in [-0.2, 0) is 0 Å². The van der Waals surface area contributed by atoms with Crippen LogP contribution in [0.2, 0.25) is 0 Å². The molecule has 0 amide bonds. The van der Waals surface area contributed by atoms with Gasteiger partial charge in [-0.1, -0.05) is 78.5 Å². The second kappa shape index (κ2) is 7.11. The number of ether oxygens (including phenoxy) is 1. The van der Waals surface area contributed by atoms with Crippen molar-refractivity contribution in [1.29, 1.82) is 0 Å². The first-order valence-electron chi connectivity index (χ1n) is 9.41. The molecule has 1 aliphatic carbocycles. The third-order valence-electron chi connectivity index (χ3n) is 4.92. The summed E-state index contributed by atoms with van der Waals surface area (Å²) in [7, 11) is 0. The smallest absolute Gasteiger partial charge is 0.170 e. The highest BCUT2D eigenvalue weighted by Gasteiger charge is 2.14. The van der Waals surface area contributed by atoms with Gasteiger partial charge in [-0.25, -0.2) is 0 Å². The highest BCUT2D eigenvalue weighted by molar-refractivity contribution is 5.78. The number of hydrogen-bond acceptors (Lipinski definition) is 2. The van der Waals surface area contributed by atoms with Gasteiger partial charge in [0, 0.05) is 12.1 Å². The van der Waals surface area contributed by atoms with Crippen LogP contribution < -0.4 is 10.1 Å². The minimum Gasteiger partial charge on any atom is -0.447 e. The maximum atomic E-state index is 6.31. The fraction of sp³-hybridized carbons (Fsp3) is 0.0385. The molecule has 5 rings (SSSR count). The summed E-state index contributed by atoms with van der Waals surface area (Å²) in [4.78, 5) is 0. The fourth-order valence-electron chi connectivity index (χ4n) is 3.46. The lowest BCUT2D eigenvalue weighted by molar-refractivity contribution is 0.447. The van der Waals surface area contributed by atoms with Gasteiger partial charge in [-0.15, -0.1) is 0 Å². The average Bonchev–Trinajstić information content (AvgIpc) is 2.96. The predicted molar refractivity (Wildman–Crippen MR) is 115 cm³/mol. The summed E-state index contributed by atoms with van der Waals surface area (Å²) in [6, 6.07) is 27.0. The van der Waals surface area contributed by atoms with E-state index in [4.69, 9.17) is 4.74 Å². The zero-order valence-electron chi connectivity index (χ0n) is 15.4. The highest BCUT2D eigenvalue weighted by atomic mass is 16.5. The van der Waals surface area contributed by atoms with E-state index in [2.05, 4.69) is 96.0 Å². The van der Waals surface area contributed by atoms with Crippen molar-refractivity contribution >= 4 is 11.3 Å². The molecule has 0 atom stereocenters. The van der Waals surface area contributed by atoms with Gasteiger partial charge in [0.25, 0.3) is 0 Å². The topological polar surface area (TPSA) is 21.3 Å². The summed E-state index contributed by atoms with van der Waals surface area (Å²) >= 11 is 0. The highest BCUT2D eigenvalue weighted by Crippen LogP contribution is 2.34. The van der Waals surface area contributed by atoms with Crippen LogP contribution in [0, 0.1) is 0 Å². The Balaban J connectivity index is 1.55. The Morgan fingerprint density at radius 1 is 0.750 bits per heavy atom. The molecule has 2 aliphatic rings. The number of nitrogens with one attached hydrogen (secondary N) is 1. The van der Waals surface area contributed by atoms with Gasteiger partial charge >= 0.3 is 0 Å². The Labute approximate surface area is 164 Å². The summed E-state index contributed by atoms with van der Waals surface area (Å²) in [6.07, 6.45) is 6.29. The second-order valence-electron chi connectivity index (χ2n) is 6.85. The van der Waals surface area contributed by atoms with Crippen molar-refractivity contribution in [1.82, 2.24) is 0 Å². The molecule has 0 unspecified atom stereocenters. The Morgan fingerprint density at radius 2 is 1.50 bits per heavy atom. The zero-order valence-corrected chi connectivity index (χ0v) is 15.4. The van der Waals surface area contributed by atoms with Crippen molar-refractivity contribution in [2.24, 2.45) is 0 Å². The predicted octanol–water partition coefficient (Wildman–Crippen LogP) is 6.22. The van der Waals surface area contributed by atoms with E-state index >= 15 is 0 Å². The summed E-state index contributed by atoms with van der Waals surface area (Å²) in [6.45, 7) is 0.705. The minimum atomic E-state index is 0.705. The van der Waals surface area contributed by atoms with Crippen LogP contribution in [0.25, 0.3) is 16.7 Å². The van der Waals surface area contributed by atoms with Crippen LogP contribution in [0.5, 0.6) is 5.75 Å². The van der Waals surface area contributed by atoms with Crippen LogP contribution in [0.15, 0.2) is 114 Å². The lowest BCUT2D eigenvalue weighted by Gasteiger charge is -2.16. The zero-order chi connectivity index (χ0) is 18.8. The molecule has 0 radical (unpaired) electrons.